The van der Waals surface area contributed by atoms with Crippen molar-refractivity contribution in [1.82, 2.24) is 9.69 Å². The molecule has 1 aromatic rings. The van der Waals surface area contributed by atoms with Gasteiger partial charge in [-0.15, -0.1) is 0 Å². The number of ether oxygens (including phenoxy) is 1. The lowest BCUT2D eigenvalue weighted by molar-refractivity contribution is 0.0695. The van der Waals surface area contributed by atoms with Crippen molar-refractivity contribution in [3.63, 3.8) is 0 Å². The number of hydrogen-bond acceptors (Lipinski definition) is 7. The first-order valence-corrected chi connectivity index (χ1v) is 7.24. The number of nitrogens with one attached hydrogen (secondary N) is 1. The van der Waals surface area contributed by atoms with E-state index in [1.54, 1.807) is 11.9 Å². The Morgan fingerprint density at radius 1 is 1.70 bits per heavy atom. The maximum Gasteiger partial charge on any atom is 0.258 e. The summed E-state index contributed by atoms with van der Waals surface area (Å²) in [5.41, 5.74) is 6.19. The number of nitrogen functional groups attached to an aromatic ring is 1. The number of rotatable bonds is 7. The third-order valence-corrected chi connectivity index (χ3v) is 4.01. The average molecular weight is 300 g/mol. The van der Waals surface area contributed by atoms with Gasteiger partial charge in [-0.25, -0.2) is 0 Å². The molecule has 1 atom stereocenters. The van der Waals surface area contributed by atoms with Crippen LogP contribution in [0.1, 0.15) is 23.2 Å². The third kappa shape index (κ3) is 3.59. The normalized spacial score (nSPS) is 15.9. The highest BCUT2D eigenvalue weighted by Crippen LogP contribution is 2.31. The summed E-state index contributed by atoms with van der Waals surface area (Å²) in [6.45, 7) is 0.585. The van der Waals surface area contributed by atoms with Gasteiger partial charge in [-0.3, -0.25) is 4.79 Å². The van der Waals surface area contributed by atoms with E-state index in [0.717, 1.165) is 24.4 Å². The van der Waals surface area contributed by atoms with Crippen LogP contribution >= 0.6 is 11.5 Å². The third-order valence-electron chi connectivity index (χ3n) is 3.03. The van der Waals surface area contributed by atoms with Gasteiger partial charge in [-0.2, -0.15) is 4.37 Å². The fourth-order valence-corrected chi connectivity index (χ4v) is 2.68. The standard InChI is InChI=1S/C12H20N4O3S/c1-16(5-8(17)6-19-2)12-9(10(13)15-20-12)11(18)14-7-3-4-7/h7-8,17H,3-6H2,1-2H3,(H2,13,15)(H,14,18). The van der Waals surface area contributed by atoms with Crippen molar-refractivity contribution in [3.8, 4) is 0 Å². The number of amides is 1. The molecular formula is C12H20N4O3S. The predicted octanol–water partition coefficient (Wildman–Crippen LogP) is 0.0610. The number of aliphatic hydroxyl groups is 1. The summed E-state index contributed by atoms with van der Waals surface area (Å²) in [4.78, 5) is 14.0. The number of nitrogens with zero attached hydrogens (tertiary/aromatic N) is 2. The van der Waals surface area contributed by atoms with Gasteiger partial charge in [0.1, 0.15) is 10.6 Å². The summed E-state index contributed by atoms with van der Waals surface area (Å²) in [6.07, 6.45) is 1.40. The molecule has 7 nitrogen and oxygen atoms in total. The minimum absolute atomic E-state index is 0.193. The highest BCUT2D eigenvalue weighted by atomic mass is 32.1. The first kappa shape index (κ1) is 15.0. The maximum absolute atomic E-state index is 12.2. The van der Waals surface area contributed by atoms with E-state index in [1.807, 2.05) is 0 Å². The van der Waals surface area contributed by atoms with Crippen LogP contribution < -0.4 is 16.0 Å². The van der Waals surface area contributed by atoms with Gasteiger partial charge in [-0.05, 0) is 24.4 Å². The van der Waals surface area contributed by atoms with Gasteiger partial charge in [-0.1, -0.05) is 0 Å². The molecular weight excluding hydrogens is 280 g/mol. The Hall–Kier alpha value is -1.38. The maximum atomic E-state index is 12.2. The average Bonchev–Trinajstić information content (AvgIpc) is 3.09. The molecule has 8 heteroatoms. The second kappa shape index (κ2) is 6.38. The van der Waals surface area contributed by atoms with E-state index in [9.17, 15) is 9.90 Å². The largest absolute Gasteiger partial charge is 0.389 e. The Kier molecular flexibility index (Phi) is 4.79. The van der Waals surface area contributed by atoms with E-state index >= 15 is 0 Å². The van der Waals surface area contributed by atoms with Crippen LogP contribution in [0.2, 0.25) is 0 Å². The van der Waals surface area contributed by atoms with Crippen LogP contribution in [-0.2, 0) is 4.74 Å². The quantitative estimate of drug-likeness (QED) is 0.658. The molecule has 1 aliphatic carbocycles. The van der Waals surface area contributed by atoms with Crippen molar-refractivity contribution < 1.29 is 14.6 Å². The molecule has 2 rings (SSSR count). The number of likely N-dealkylation sites (N-methyl/N-ethyl adjacent to an activating group) is 1. The molecule has 112 valence electrons. The Labute approximate surface area is 121 Å². The molecule has 0 bridgehead atoms. The zero-order valence-electron chi connectivity index (χ0n) is 11.6. The lowest BCUT2D eigenvalue weighted by Gasteiger charge is -2.21. The van der Waals surface area contributed by atoms with Crippen molar-refractivity contribution in [2.45, 2.75) is 25.0 Å². The molecule has 4 N–H and O–H groups in total. The van der Waals surface area contributed by atoms with E-state index in [0.29, 0.717) is 17.1 Å². The molecule has 1 aliphatic rings. The number of aromatic nitrogens is 1. The molecule has 1 fully saturated rings. The summed E-state index contributed by atoms with van der Waals surface area (Å²) < 4.78 is 8.94. The van der Waals surface area contributed by atoms with Crippen LogP contribution in [0, 0.1) is 0 Å². The van der Waals surface area contributed by atoms with E-state index in [2.05, 4.69) is 9.69 Å². The topological polar surface area (TPSA) is 101 Å². The predicted molar refractivity (Wildman–Crippen MR) is 78.2 cm³/mol. The van der Waals surface area contributed by atoms with Gasteiger partial charge in [0.2, 0.25) is 0 Å². The van der Waals surface area contributed by atoms with E-state index in [-0.39, 0.29) is 24.4 Å². The van der Waals surface area contributed by atoms with E-state index in [1.165, 1.54) is 7.11 Å². The molecule has 0 saturated heterocycles. The fraction of sp³-hybridized carbons (Fsp3) is 0.667. The van der Waals surface area contributed by atoms with Crippen LogP contribution in [0.25, 0.3) is 0 Å². The molecule has 1 aromatic heterocycles. The van der Waals surface area contributed by atoms with Gasteiger partial charge in [0.25, 0.3) is 5.91 Å². The van der Waals surface area contributed by atoms with Gasteiger partial charge in [0.05, 0.1) is 12.7 Å². The number of carbonyl (C=O) groups excluding carboxylic acids is 1. The van der Waals surface area contributed by atoms with E-state index < -0.39 is 6.10 Å². The zero-order valence-corrected chi connectivity index (χ0v) is 12.4. The first-order chi connectivity index (χ1) is 9.52. The second-order valence-electron chi connectivity index (χ2n) is 4.99. The molecule has 0 aromatic carbocycles. The van der Waals surface area contributed by atoms with Crippen molar-refractivity contribution in [2.75, 3.05) is 37.9 Å². The lowest BCUT2D eigenvalue weighted by atomic mass is 10.2. The van der Waals surface area contributed by atoms with Crippen LogP contribution in [0.5, 0.6) is 0 Å². The van der Waals surface area contributed by atoms with Crippen molar-refractivity contribution in [2.24, 2.45) is 0 Å². The van der Waals surface area contributed by atoms with Crippen LogP contribution in [0.4, 0.5) is 10.8 Å². The van der Waals surface area contributed by atoms with E-state index in [4.69, 9.17) is 10.5 Å². The summed E-state index contributed by atoms with van der Waals surface area (Å²) in [5, 5.41) is 13.3. The number of nitrogens with two attached hydrogens (primary N) is 1. The van der Waals surface area contributed by atoms with Crippen LogP contribution in [0.3, 0.4) is 0 Å². The Balaban J connectivity index is 2.08. The van der Waals surface area contributed by atoms with Gasteiger partial charge in [0, 0.05) is 26.7 Å². The molecule has 0 aliphatic heterocycles. The number of methoxy groups -OCH3 is 1. The number of anilines is 2. The monoisotopic (exact) mass is 300 g/mol. The molecule has 1 unspecified atom stereocenters. The SMILES string of the molecule is COCC(O)CN(C)c1snc(N)c1C(=O)NC1CC1. The lowest BCUT2D eigenvalue weighted by Crippen LogP contribution is -2.33. The minimum Gasteiger partial charge on any atom is -0.389 e. The van der Waals surface area contributed by atoms with Gasteiger partial charge in [0.15, 0.2) is 5.82 Å². The zero-order chi connectivity index (χ0) is 14.7. The molecule has 0 spiro atoms. The Morgan fingerprint density at radius 3 is 3.00 bits per heavy atom. The van der Waals surface area contributed by atoms with Crippen LogP contribution in [0.15, 0.2) is 0 Å². The number of hydrogen-bond donors (Lipinski definition) is 3. The highest BCUT2D eigenvalue weighted by Gasteiger charge is 2.28. The Bertz CT molecular complexity index is 475. The summed E-state index contributed by atoms with van der Waals surface area (Å²) in [6, 6.07) is 0.263. The molecule has 0 radical (unpaired) electrons. The van der Waals surface area contributed by atoms with Crippen molar-refractivity contribution in [3.05, 3.63) is 5.56 Å². The number of carbonyl (C=O) groups is 1. The first-order valence-electron chi connectivity index (χ1n) is 6.47. The molecule has 1 amide bonds. The summed E-state index contributed by atoms with van der Waals surface area (Å²) >= 11 is 1.16. The van der Waals surface area contributed by atoms with Crippen molar-refractivity contribution >= 4 is 28.3 Å². The van der Waals surface area contributed by atoms with Gasteiger partial charge >= 0.3 is 0 Å². The smallest absolute Gasteiger partial charge is 0.258 e. The fourth-order valence-electron chi connectivity index (χ4n) is 1.90. The molecule has 1 heterocycles. The minimum atomic E-state index is -0.632. The van der Waals surface area contributed by atoms with Crippen molar-refractivity contribution in [1.29, 1.82) is 0 Å². The Morgan fingerprint density at radius 2 is 2.40 bits per heavy atom. The summed E-state index contributed by atoms with van der Waals surface area (Å²) in [7, 11) is 3.32. The summed E-state index contributed by atoms with van der Waals surface area (Å²) in [5.74, 6) is 0.0399. The molecule has 20 heavy (non-hydrogen) atoms. The second-order valence-corrected chi connectivity index (χ2v) is 5.74. The molecule has 1 saturated carbocycles. The number of aliphatic hydroxyl groups excluding tert-OH is 1. The van der Waals surface area contributed by atoms with Gasteiger partial charge < -0.3 is 25.8 Å². The van der Waals surface area contributed by atoms with Crippen LogP contribution in [-0.4, -0.2) is 54.8 Å². The highest BCUT2D eigenvalue weighted by molar-refractivity contribution is 7.11.